The number of aryl methyl sites for hydroxylation is 1. The summed E-state index contributed by atoms with van der Waals surface area (Å²) in [7, 11) is 1.96. The lowest BCUT2D eigenvalue weighted by Gasteiger charge is -2.30. The van der Waals surface area contributed by atoms with Crippen LogP contribution in [0.4, 0.5) is 4.79 Å². The molecule has 0 aliphatic heterocycles. The maximum atomic E-state index is 11.8. The first-order valence-corrected chi connectivity index (χ1v) is 8.03. The quantitative estimate of drug-likeness (QED) is 0.896. The molecule has 1 saturated carbocycles. The predicted molar refractivity (Wildman–Crippen MR) is 85.5 cm³/mol. The molecular formula is C16H28N4O2. The van der Waals surface area contributed by atoms with Gasteiger partial charge in [0.25, 0.3) is 0 Å². The Morgan fingerprint density at radius 1 is 1.32 bits per heavy atom. The van der Waals surface area contributed by atoms with E-state index in [1.54, 1.807) is 0 Å². The molecular weight excluding hydrogens is 280 g/mol. The second-order valence-corrected chi connectivity index (χ2v) is 7.02. The molecule has 0 aromatic carbocycles. The van der Waals surface area contributed by atoms with Crippen molar-refractivity contribution in [3.05, 3.63) is 18.0 Å². The molecule has 0 atom stereocenters. The number of alkyl carbamates (subject to hydrolysis) is 1. The molecule has 2 rings (SSSR count). The second kappa shape index (κ2) is 7.13. The van der Waals surface area contributed by atoms with Crippen LogP contribution in [0.5, 0.6) is 0 Å². The van der Waals surface area contributed by atoms with Crippen LogP contribution in [-0.2, 0) is 18.3 Å². The van der Waals surface area contributed by atoms with Gasteiger partial charge in [-0.25, -0.2) is 4.79 Å². The molecule has 0 spiro atoms. The van der Waals surface area contributed by atoms with Crippen LogP contribution in [0, 0.1) is 0 Å². The molecule has 0 saturated heterocycles. The third kappa shape index (κ3) is 5.33. The Bertz CT molecular complexity index is 485. The normalized spacial score (nSPS) is 22.4. The monoisotopic (exact) mass is 308 g/mol. The summed E-state index contributed by atoms with van der Waals surface area (Å²) in [5.74, 6) is 0. The first-order chi connectivity index (χ1) is 10.3. The van der Waals surface area contributed by atoms with Crippen molar-refractivity contribution in [3.8, 4) is 0 Å². The molecule has 1 fully saturated rings. The number of carbonyl (C=O) groups is 1. The van der Waals surface area contributed by atoms with E-state index in [4.69, 9.17) is 4.74 Å². The molecule has 1 aromatic rings. The Hall–Kier alpha value is -1.56. The average Bonchev–Trinajstić information content (AvgIpc) is 2.81. The summed E-state index contributed by atoms with van der Waals surface area (Å²) in [6.45, 7) is 6.48. The number of aromatic nitrogens is 2. The summed E-state index contributed by atoms with van der Waals surface area (Å²) >= 11 is 0. The molecule has 1 heterocycles. The van der Waals surface area contributed by atoms with E-state index >= 15 is 0 Å². The van der Waals surface area contributed by atoms with Crippen LogP contribution in [0.1, 0.15) is 52.1 Å². The maximum Gasteiger partial charge on any atom is 0.407 e. The van der Waals surface area contributed by atoms with Crippen molar-refractivity contribution in [1.82, 2.24) is 20.4 Å². The van der Waals surface area contributed by atoms with Crippen LogP contribution in [0.15, 0.2) is 12.3 Å². The second-order valence-electron chi connectivity index (χ2n) is 7.02. The molecule has 0 unspecified atom stereocenters. The van der Waals surface area contributed by atoms with Gasteiger partial charge in [0.1, 0.15) is 5.60 Å². The highest BCUT2D eigenvalue weighted by atomic mass is 16.6. The summed E-state index contributed by atoms with van der Waals surface area (Å²) in [4.78, 5) is 11.8. The molecule has 6 heteroatoms. The molecule has 1 aromatic heterocycles. The van der Waals surface area contributed by atoms with Crippen LogP contribution in [0.3, 0.4) is 0 Å². The average molecular weight is 308 g/mol. The van der Waals surface area contributed by atoms with Crippen molar-refractivity contribution in [3.63, 3.8) is 0 Å². The molecule has 1 aliphatic rings. The van der Waals surface area contributed by atoms with E-state index in [0.717, 1.165) is 32.2 Å². The van der Waals surface area contributed by atoms with E-state index < -0.39 is 5.60 Å². The van der Waals surface area contributed by atoms with Crippen molar-refractivity contribution >= 4 is 6.09 Å². The summed E-state index contributed by atoms with van der Waals surface area (Å²) in [5, 5.41) is 10.7. The van der Waals surface area contributed by atoms with Gasteiger partial charge in [0.05, 0.1) is 5.69 Å². The van der Waals surface area contributed by atoms with Crippen molar-refractivity contribution in [2.75, 3.05) is 0 Å². The maximum absolute atomic E-state index is 11.8. The van der Waals surface area contributed by atoms with E-state index in [9.17, 15) is 4.79 Å². The van der Waals surface area contributed by atoms with Gasteiger partial charge in [0, 0.05) is 31.9 Å². The van der Waals surface area contributed by atoms with Gasteiger partial charge < -0.3 is 15.4 Å². The van der Waals surface area contributed by atoms with Gasteiger partial charge in [-0.2, -0.15) is 5.10 Å². The van der Waals surface area contributed by atoms with E-state index in [1.165, 1.54) is 5.69 Å². The van der Waals surface area contributed by atoms with Crippen LogP contribution in [0.2, 0.25) is 0 Å². The lowest BCUT2D eigenvalue weighted by Crippen LogP contribution is -2.43. The zero-order valence-electron chi connectivity index (χ0n) is 14.1. The van der Waals surface area contributed by atoms with E-state index in [0.29, 0.717) is 6.04 Å². The first kappa shape index (κ1) is 16.8. The highest BCUT2D eigenvalue weighted by Crippen LogP contribution is 2.19. The highest BCUT2D eigenvalue weighted by Gasteiger charge is 2.24. The Morgan fingerprint density at radius 3 is 2.50 bits per heavy atom. The molecule has 1 amide bonds. The van der Waals surface area contributed by atoms with E-state index in [-0.39, 0.29) is 12.1 Å². The largest absolute Gasteiger partial charge is 0.444 e. The van der Waals surface area contributed by atoms with Gasteiger partial charge >= 0.3 is 6.09 Å². The Labute approximate surface area is 132 Å². The number of rotatable bonds is 4. The topological polar surface area (TPSA) is 68.2 Å². The van der Waals surface area contributed by atoms with Gasteiger partial charge in [-0.15, -0.1) is 0 Å². The Balaban J connectivity index is 1.67. The number of hydrogen-bond donors (Lipinski definition) is 2. The van der Waals surface area contributed by atoms with Crippen LogP contribution in [0.25, 0.3) is 0 Å². The molecule has 124 valence electrons. The van der Waals surface area contributed by atoms with Gasteiger partial charge in [0.2, 0.25) is 0 Å². The SMILES string of the molecule is Cn1nccc1CNC1CCC(NC(=O)OC(C)(C)C)CC1. The fourth-order valence-corrected chi connectivity index (χ4v) is 2.74. The van der Waals surface area contributed by atoms with Crippen LogP contribution in [-0.4, -0.2) is 33.6 Å². The predicted octanol–water partition coefficient (Wildman–Crippen LogP) is 2.35. The number of amides is 1. The standard InChI is InChI=1S/C16H28N4O2/c1-16(2,3)22-15(21)19-13-7-5-12(6-8-13)17-11-14-9-10-18-20(14)4/h9-10,12-13,17H,5-8,11H2,1-4H3,(H,19,21). The number of nitrogens with zero attached hydrogens (tertiary/aromatic N) is 2. The van der Waals surface area contributed by atoms with Crippen LogP contribution >= 0.6 is 0 Å². The minimum absolute atomic E-state index is 0.226. The first-order valence-electron chi connectivity index (χ1n) is 8.03. The third-order valence-corrected chi connectivity index (χ3v) is 3.94. The third-order valence-electron chi connectivity index (χ3n) is 3.94. The van der Waals surface area contributed by atoms with Crippen molar-refractivity contribution in [2.24, 2.45) is 7.05 Å². The Morgan fingerprint density at radius 2 is 1.95 bits per heavy atom. The fraction of sp³-hybridized carbons (Fsp3) is 0.750. The van der Waals surface area contributed by atoms with Gasteiger partial charge in [-0.05, 0) is 52.5 Å². The van der Waals surface area contributed by atoms with Gasteiger partial charge in [0.15, 0.2) is 0 Å². The van der Waals surface area contributed by atoms with Crippen LogP contribution < -0.4 is 10.6 Å². The number of hydrogen-bond acceptors (Lipinski definition) is 4. The van der Waals surface area contributed by atoms with E-state index in [2.05, 4.69) is 15.7 Å². The summed E-state index contributed by atoms with van der Waals surface area (Å²) in [6.07, 6.45) is 5.62. The molecule has 2 N–H and O–H groups in total. The molecule has 22 heavy (non-hydrogen) atoms. The number of nitrogens with one attached hydrogen (secondary N) is 2. The van der Waals surface area contributed by atoms with E-state index in [1.807, 2.05) is 44.8 Å². The zero-order valence-corrected chi connectivity index (χ0v) is 14.1. The lowest BCUT2D eigenvalue weighted by atomic mass is 9.91. The minimum Gasteiger partial charge on any atom is -0.444 e. The fourth-order valence-electron chi connectivity index (χ4n) is 2.74. The summed E-state index contributed by atoms with van der Waals surface area (Å²) in [5.41, 5.74) is 0.750. The van der Waals surface area contributed by atoms with Crippen molar-refractivity contribution < 1.29 is 9.53 Å². The molecule has 0 radical (unpaired) electrons. The van der Waals surface area contributed by atoms with Crippen molar-refractivity contribution in [1.29, 1.82) is 0 Å². The molecule has 1 aliphatic carbocycles. The van der Waals surface area contributed by atoms with Gasteiger partial charge in [-0.3, -0.25) is 4.68 Å². The smallest absolute Gasteiger partial charge is 0.407 e. The molecule has 0 bridgehead atoms. The minimum atomic E-state index is -0.439. The Kier molecular flexibility index (Phi) is 5.45. The summed E-state index contributed by atoms with van der Waals surface area (Å²) in [6, 6.07) is 2.76. The summed E-state index contributed by atoms with van der Waals surface area (Å²) < 4.78 is 7.19. The van der Waals surface area contributed by atoms with Crippen molar-refractivity contribution in [2.45, 2.75) is 70.7 Å². The zero-order chi connectivity index (χ0) is 16.2. The lowest BCUT2D eigenvalue weighted by molar-refractivity contribution is 0.0489. The molecule has 6 nitrogen and oxygen atoms in total. The van der Waals surface area contributed by atoms with Gasteiger partial charge in [-0.1, -0.05) is 0 Å². The number of ether oxygens (including phenoxy) is 1. The number of carbonyl (C=O) groups excluding carboxylic acids is 1. The highest BCUT2D eigenvalue weighted by molar-refractivity contribution is 5.68.